The summed E-state index contributed by atoms with van der Waals surface area (Å²) in [5.41, 5.74) is 3.69. The van der Waals surface area contributed by atoms with Crippen LogP contribution in [0.2, 0.25) is 0 Å². The molecule has 5 nitrogen and oxygen atoms in total. The second-order valence-corrected chi connectivity index (χ2v) is 7.81. The van der Waals surface area contributed by atoms with Gasteiger partial charge in [0.15, 0.2) is 0 Å². The zero-order valence-corrected chi connectivity index (χ0v) is 14.9. The molecule has 2 aliphatic heterocycles. The van der Waals surface area contributed by atoms with E-state index in [9.17, 15) is 9.59 Å². The zero-order valence-electron chi connectivity index (χ0n) is 14.1. The number of rotatable bonds is 2. The van der Waals surface area contributed by atoms with Crippen LogP contribution in [0.3, 0.4) is 0 Å². The maximum absolute atomic E-state index is 12.3. The van der Waals surface area contributed by atoms with Crippen LogP contribution in [0.4, 0.5) is 11.4 Å². The average Bonchev–Trinajstić information content (AvgIpc) is 3.26. The van der Waals surface area contributed by atoms with Crippen LogP contribution in [0.1, 0.15) is 35.8 Å². The predicted molar refractivity (Wildman–Crippen MR) is 103 cm³/mol. The van der Waals surface area contributed by atoms with Gasteiger partial charge in [0, 0.05) is 36.7 Å². The van der Waals surface area contributed by atoms with Crippen molar-refractivity contribution < 1.29 is 9.59 Å². The van der Waals surface area contributed by atoms with Gasteiger partial charge in [0.25, 0.3) is 0 Å². The highest BCUT2D eigenvalue weighted by atomic mass is 32.1. The summed E-state index contributed by atoms with van der Waals surface area (Å²) in [7, 11) is 0. The number of anilines is 2. The molecule has 0 saturated carbocycles. The van der Waals surface area contributed by atoms with Crippen LogP contribution >= 0.6 is 11.3 Å². The first kappa shape index (κ1) is 15.5. The van der Waals surface area contributed by atoms with Crippen LogP contribution in [-0.2, 0) is 9.59 Å². The number of nitrogens with zero attached hydrogens (tertiary/aromatic N) is 2. The van der Waals surface area contributed by atoms with Crippen molar-refractivity contribution in [1.82, 2.24) is 4.98 Å². The van der Waals surface area contributed by atoms with Gasteiger partial charge in [-0.05, 0) is 36.2 Å². The molecule has 0 bridgehead atoms. The number of aromatic nitrogens is 1. The Kier molecular flexibility index (Phi) is 3.53. The molecule has 2 aromatic carbocycles. The number of thiazole rings is 1. The molecule has 1 unspecified atom stereocenters. The molecular formula is C20H17N3O2S. The lowest BCUT2D eigenvalue weighted by Gasteiger charge is -2.26. The molecule has 0 radical (unpaired) electrons. The van der Waals surface area contributed by atoms with Crippen LogP contribution in [0.25, 0.3) is 10.2 Å². The van der Waals surface area contributed by atoms with Gasteiger partial charge < -0.3 is 10.2 Å². The third-order valence-corrected chi connectivity index (χ3v) is 6.22. The molecule has 2 amide bonds. The van der Waals surface area contributed by atoms with Crippen molar-refractivity contribution >= 4 is 44.7 Å². The average molecular weight is 363 g/mol. The van der Waals surface area contributed by atoms with E-state index in [1.54, 1.807) is 16.2 Å². The summed E-state index contributed by atoms with van der Waals surface area (Å²) in [5, 5.41) is 3.94. The molecule has 130 valence electrons. The number of carbonyl (C=O) groups excluding carboxylic acids is 2. The maximum atomic E-state index is 12.3. The van der Waals surface area contributed by atoms with E-state index in [4.69, 9.17) is 4.98 Å². The van der Waals surface area contributed by atoms with Crippen molar-refractivity contribution in [2.45, 2.75) is 25.2 Å². The molecule has 1 fully saturated rings. The Hall–Kier alpha value is -2.73. The summed E-state index contributed by atoms with van der Waals surface area (Å²) in [6.07, 6.45) is 1.88. The number of amides is 2. The summed E-state index contributed by atoms with van der Waals surface area (Å²) in [6.45, 7) is 0.743. The summed E-state index contributed by atoms with van der Waals surface area (Å²) in [5.74, 6) is 0.0981. The fourth-order valence-corrected chi connectivity index (χ4v) is 4.89. The van der Waals surface area contributed by atoms with Crippen LogP contribution in [0, 0.1) is 0 Å². The van der Waals surface area contributed by atoms with Crippen molar-refractivity contribution in [3.63, 3.8) is 0 Å². The minimum absolute atomic E-state index is 0.00773. The minimum atomic E-state index is -0.0421. The topological polar surface area (TPSA) is 62.3 Å². The summed E-state index contributed by atoms with van der Waals surface area (Å²) in [6, 6.07) is 14.0. The number of para-hydroxylation sites is 1. The van der Waals surface area contributed by atoms with Gasteiger partial charge in [-0.15, -0.1) is 11.3 Å². The third kappa shape index (κ3) is 2.49. The first-order chi connectivity index (χ1) is 12.7. The minimum Gasteiger partial charge on any atom is -0.326 e. The molecule has 0 spiro atoms. The first-order valence-electron chi connectivity index (χ1n) is 8.79. The van der Waals surface area contributed by atoms with E-state index >= 15 is 0 Å². The van der Waals surface area contributed by atoms with Gasteiger partial charge in [-0.3, -0.25) is 9.59 Å². The molecule has 6 heteroatoms. The molecule has 1 aromatic heterocycles. The lowest BCUT2D eigenvalue weighted by molar-refractivity contribution is -0.117. The molecular weight excluding hydrogens is 346 g/mol. The molecule has 3 heterocycles. The lowest BCUT2D eigenvalue weighted by atomic mass is 9.90. The molecule has 0 aliphatic carbocycles. The van der Waals surface area contributed by atoms with Gasteiger partial charge in [0.05, 0.1) is 10.2 Å². The zero-order chi connectivity index (χ0) is 17.7. The molecule has 1 atom stereocenters. The van der Waals surface area contributed by atoms with Crippen molar-refractivity contribution in [2.75, 3.05) is 16.8 Å². The van der Waals surface area contributed by atoms with Crippen molar-refractivity contribution in [3.8, 4) is 0 Å². The Morgan fingerprint density at radius 2 is 2.04 bits per heavy atom. The first-order valence-corrected chi connectivity index (χ1v) is 9.60. The molecule has 1 N–H and O–H groups in total. The van der Waals surface area contributed by atoms with E-state index in [0.29, 0.717) is 12.8 Å². The van der Waals surface area contributed by atoms with Crippen molar-refractivity contribution in [3.05, 3.63) is 53.0 Å². The van der Waals surface area contributed by atoms with Crippen LogP contribution < -0.4 is 10.2 Å². The summed E-state index contributed by atoms with van der Waals surface area (Å²) >= 11 is 1.64. The Bertz CT molecular complexity index is 1010. The largest absolute Gasteiger partial charge is 0.326 e. The highest BCUT2D eigenvalue weighted by molar-refractivity contribution is 7.18. The number of fused-ring (bicyclic) bond motifs is 2. The molecule has 26 heavy (non-hydrogen) atoms. The van der Waals surface area contributed by atoms with Crippen LogP contribution in [0.5, 0.6) is 0 Å². The second kappa shape index (κ2) is 5.92. The van der Waals surface area contributed by atoms with Crippen molar-refractivity contribution in [2.24, 2.45) is 0 Å². The molecule has 1 saturated heterocycles. The number of benzene rings is 2. The number of carbonyl (C=O) groups is 2. The maximum Gasteiger partial charge on any atom is 0.227 e. The fourth-order valence-electron chi connectivity index (χ4n) is 3.80. The summed E-state index contributed by atoms with van der Waals surface area (Å²) < 4.78 is 1.13. The van der Waals surface area contributed by atoms with E-state index in [-0.39, 0.29) is 17.7 Å². The highest BCUT2D eigenvalue weighted by Crippen LogP contribution is 2.41. The molecule has 5 rings (SSSR count). The van der Waals surface area contributed by atoms with E-state index in [2.05, 4.69) is 11.4 Å². The second-order valence-electron chi connectivity index (χ2n) is 6.75. The Balaban J connectivity index is 1.57. The number of hydrogen-bond acceptors (Lipinski definition) is 4. The monoisotopic (exact) mass is 363 g/mol. The van der Waals surface area contributed by atoms with E-state index < -0.39 is 0 Å². The Morgan fingerprint density at radius 1 is 1.15 bits per heavy atom. The standard InChI is InChI=1S/C20H17N3O2S/c24-18-11-14(20-22-15-4-1-2-5-17(15)26-20)13-8-7-12(10-16(13)21-18)23-9-3-6-19(23)25/h1-2,4-5,7-8,10,14H,3,6,9,11H2,(H,21,24). The van der Waals surface area contributed by atoms with Gasteiger partial charge >= 0.3 is 0 Å². The fraction of sp³-hybridized carbons (Fsp3) is 0.250. The van der Waals surface area contributed by atoms with Crippen LogP contribution in [-0.4, -0.2) is 23.3 Å². The van der Waals surface area contributed by atoms with Crippen LogP contribution in [0.15, 0.2) is 42.5 Å². The highest BCUT2D eigenvalue weighted by Gasteiger charge is 2.30. The lowest BCUT2D eigenvalue weighted by Crippen LogP contribution is -2.26. The quantitative estimate of drug-likeness (QED) is 0.751. The van der Waals surface area contributed by atoms with Gasteiger partial charge in [-0.2, -0.15) is 0 Å². The van der Waals surface area contributed by atoms with Gasteiger partial charge in [-0.1, -0.05) is 18.2 Å². The number of hydrogen-bond donors (Lipinski definition) is 1. The van der Waals surface area contributed by atoms with Gasteiger partial charge in [-0.25, -0.2) is 4.98 Å². The Morgan fingerprint density at radius 3 is 2.85 bits per heavy atom. The molecule has 3 aromatic rings. The van der Waals surface area contributed by atoms with E-state index in [1.807, 2.05) is 36.4 Å². The van der Waals surface area contributed by atoms with E-state index in [1.165, 1.54) is 0 Å². The number of nitrogens with one attached hydrogen (secondary N) is 1. The SMILES string of the molecule is O=C1CC(c2nc3ccccc3s2)c2ccc(N3CCCC3=O)cc2N1. The molecule has 2 aliphatic rings. The van der Waals surface area contributed by atoms with Crippen molar-refractivity contribution in [1.29, 1.82) is 0 Å². The smallest absolute Gasteiger partial charge is 0.227 e. The Labute approximate surface area is 154 Å². The summed E-state index contributed by atoms with van der Waals surface area (Å²) in [4.78, 5) is 30.9. The predicted octanol–water partition coefficient (Wildman–Crippen LogP) is 3.90. The third-order valence-electron chi connectivity index (χ3n) is 5.07. The normalized spacial score (nSPS) is 19.7. The van der Waals surface area contributed by atoms with E-state index in [0.717, 1.165) is 45.1 Å². The van der Waals surface area contributed by atoms with Gasteiger partial charge in [0.2, 0.25) is 11.8 Å². The van der Waals surface area contributed by atoms with Gasteiger partial charge in [0.1, 0.15) is 5.01 Å².